The molecule has 0 aliphatic carbocycles. The molecular weight excluding hydrogens is 987 g/mol. The fourth-order valence-electron chi connectivity index (χ4n) is 12.2. The summed E-state index contributed by atoms with van der Waals surface area (Å²) < 4.78 is 6.98. The standard InChI is InChI=1S/C73H91NS3/c1-7-11-15-19-23-27-33-54-48-65(55(44-53(54)6)34-28-24-20-16-12-8-2)59-45-60(47-61(46-59)73-74-67-37-31-32-38-68(67)77-73)66-50-56(35-29-25-21-17-13-9-3)64(49-57(66)36-30-26-22-18-14-10-4)58-40-42-63-70(51-58)76-71-62-41-39-52(5)43-69(62)75-72(63)71/h31-32,37-51H,7-30,33-36H2,1-6H3. The van der Waals surface area contributed by atoms with Crippen LogP contribution in [0.4, 0.5) is 0 Å². The number of aryl methyl sites for hydroxylation is 6. The van der Waals surface area contributed by atoms with Crippen LogP contribution in [0, 0.1) is 13.8 Å². The lowest BCUT2D eigenvalue weighted by atomic mass is 9.84. The van der Waals surface area contributed by atoms with Crippen molar-refractivity contribution in [1.29, 1.82) is 0 Å². The van der Waals surface area contributed by atoms with E-state index in [1.165, 1.54) is 261 Å². The predicted molar refractivity (Wildman–Crippen MR) is 347 cm³/mol. The molecule has 0 aliphatic rings. The Morgan fingerprint density at radius 1 is 0.338 bits per heavy atom. The van der Waals surface area contributed by atoms with Gasteiger partial charge in [-0.05, 0) is 174 Å². The van der Waals surface area contributed by atoms with Crippen LogP contribution in [0.1, 0.15) is 215 Å². The molecule has 0 atom stereocenters. The van der Waals surface area contributed by atoms with Gasteiger partial charge in [0.2, 0.25) is 0 Å². The molecule has 3 heterocycles. The summed E-state index contributed by atoms with van der Waals surface area (Å²) in [6, 6.07) is 41.5. The first kappa shape index (κ1) is 57.1. The topological polar surface area (TPSA) is 12.9 Å². The van der Waals surface area contributed by atoms with Crippen LogP contribution in [0.5, 0.6) is 0 Å². The zero-order valence-electron chi connectivity index (χ0n) is 48.3. The van der Waals surface area contributed by atoms with E-state index >= 15 is 0 Å². The van der Waals surface area contributed by atoms with Crippen molar-refractivity contribution in [2.75, 3.05) is 0 Å². The molecule has 6 aromatic carbocycles. The highest BCUT2D eigenvalue weighted by Gasteiger charge is 2.21. The summed E-state index contributed by atoms with van der Waals surface area (Å²) in [4.78, 5) is 5.39. The van der Waals surface area contributed by atoms with Gasteiger partial charge in [0.15, 0.2) is 0 Å². The van der Waals surface area contributed by atoms with Crippen LogP contribution in [-0.2, 0) is 25.7 Å². The van der Waals surface area contributed by atoms with Crippen LogP contribution in [0.2, 0.25) is 0 Å². The molecule has 406 valence electrons. The minimum absolute atomic E-state index is 1.09. The van der Waals surface area contributed by atoms with Gasteiger partial charge in [-0.3, -0.25) is 0 Å². The quantitative estimate of drug-likeness (QED) is 0.0383. The second-order valence-corrected chi connectivity index (χ2v) is 26.2. The van der Waals surface area contributed by atoms with Crippen molar-refractivity contribution >= 4 is 73.8 Å². The van der Waals surface area contributed by atoms with Gasteiger partial charge < -0.3 is 0 Å². The number of fused-ring (bicyclic) bond motifs is 6. The first-order valence-corrected chi connectivity index (χ1v) is 33.5. The number of benzene rings is 6. The fraction of sp³-hybridized carbons (Fsp3) is 0.466. The van der Waals surface area contributed by atoms with E-state index in [0.29, 0.717) is 0 Å². The Labute approximate surface area is 477 Å². The van der Waals surface area contributed by atoms with E-state index in [2.05, 4.69) is 145 Å². The van der Waals surface area contributed by atoms with Gasteiger partial charge in [-0.1, -0.05) is 217 Å². The highest BCUT2D eigenvalue weighted by molar-refractivity contribution is 7.36. The van der Waals surface area contributed by atoms with Gasteiger partial charge in [0.1, 0.15) is 5.01 Å². The maximum Gasteiger partial charge on any atom is 0.124 e. The molecule has 9 rings (SSSR count). The fourth-order valence-corrected chi connectivity index (χ4v) is 15.9. The summed E-state index contributed by atoms with van der Waals surface area (Å²) in [6.07, 6.45) is 35.9. The normalized spacial score (nSPS) is 11.9. The molecule has 1 nitrogen and oxygen atoms in total. The third kappa shape index (κ3) is 14.8. The maximum absolute atomic E-state index is 5.39. The molecule has 0 bridgehead atoms. The Hall–Kier alpha value is -4.61. The summed E-state index contributed by atoms with van der Waals surface area (Å²) in [5.74, 6) is 0. The number of para-hydroxylation sites is 1. The number of hydrogen-bond acceptors (Lipinski definition) is 4. The highest BCUT2D eigenvalue weighted by Crippen LogP contribution is 2.47. The lowest BCUT2D eigenvalue weighted by molar-refractivity contribution is 0.605. The van der Waals surface area contributed by atoms with Crippen molar-refractivity contribution in [2.45, 2.75) is 221 Å². The lowest BCUT2D eigenvalue weighted by Gasteiger charge is -2.20. The lowest BCUT2D eigenvalue weighted by Crippen LogP contribution is -2.00. The third-order valence-electron chi connectivity index (χ3n) is 16.7. The molecule has 0 amide bonds. The van der Waals surface area contributed by atoms with Crippen LogP contribution in [-0.4, -0.2) is 4.98 Å². The molecular formula is C73H91NS3. The minimum atomic E-state index is 1.09. The van der Waals surface area contributed by atoms with E-state index in [-0.39, 0.29) is 0 Å². The van der Waals surface area contributed by atoms with Gasteiger partial charge in [0.05, 0.1) is 19.6 Å². The monoisotopic (exact) mass is 1080 g/mol. The zero-order valence-corrected chi connectivity index (χ0v) is 50.7. The molecule has 3 aromatic heterocycles. The van der Waals surface area contributed by atoms with Crippen LogP contribution in [0.25, 0.3) is 83.7 Å². The van der Waals surface area contributed by atoms with Gasteiger partial charge in [0.25, 0.3) is 0 Å². The van der Waals surface area contributed by atoms with Gasteiger partial charge in [-0.25, -0.2) is 4.98 Å². The van der Waals surface area contributed by atoms with Crippen molar-refractivity contribution < 1.29 is 0 Å². The van der Waals surface area contributed by atoms with E-state index in [0.717, 1.165) is 36.2 Å². The van der Waals surface area contributed by atoms with Crippen molar-refractivity contribution in [3.8, 4) is 44.0 Å². The SMILES string of the molecule is CCCCCCCCc1cc(-c2cc(-c3nc4ccccc4s3)cc(-c3cc(CCCCCCCC)c(-c4ccc5c(c4)sc4c6ccc(C)cc6sc54)cc3CCCCCCCC)c2)c(CCCCCCCC)cc1C. The third-order valence-corrected chi connectivity index (χ3v) is 20.3. The Balaban J connectivity index is 1.19. The first-order valence-electron chi connectivity index (χ1n) is 31.0. The smallest absolute Gasteiger partial charge is 0.124 e. The molecule has 0 unspecified atom stereocenters. The van der Waals surface area contributed by atoms with E-state index in [1.807, 2.05) is 34.0 Å². The van der Waals surface area contributed by atoms with Crippen molar-refractivity contribution in [3.63, 3.8) is 0 Å². The molecule has 0 aliphatic heterocycles. The molecule has 0 radical (unpaired) electrons. The van der Waals surface area contributed by atoms with Crippen molar-refractivity contribution in [2.24, 2.45) is 0 Å². The molecule has 0 saturated carbocycles. The Bertz CT molecular complexity index is 3270. The Morgan fingerprint density at radius 3 is 1.30 bits per heavy atom. The van der Waals surface area contributed by atoms with Crippen LogP contribution < -0.4 is 0 Å². The largest absolute Gasteiger partial charge is 0.236 e. The number of rotatable bonds is 32. The number of thiophene rings is 2. The number of nitrogens with zero attached hydrogens (tertiary/aromatic N) is 1. The van der Waals surface area contributed by atoms with Crippen molar-refractivity contribution in [1.82, 2.24) is 4.98 Å². The summed E-state index contributed by atoms with van der Waals surface area (Å²) in [7, 11) is 0. The summed E-state index contributed by atoms with van der Waals surface area (Å²) in [5, 5.41) is 3.95. The molecule has 77 heavy (non-hydrogen) atoms. The Kier molecular flexibility index (Phi) is 21.5. The summed E-state index contributed by atoms with van der Waals surface area (Å²) in [5.41, 5.74) is 19.7. The average Bonchev–Trinajstić information content (AvgIpc) is 4.18. The summed E-state index contributed by atoms with van der Waals surface area (Å²) >= 11 is 5.83. The molecule has 9 aromatic rings. The zero-order chi connectivity index (χ0) is 53.3. The van der Waals surface area contributed by atoms with Crippen LogP contribution >= 0.6 is 34.0 Å². The average molecular weight is 1080 g/mol. The van der Waals surface area contributed by atoms with Gasteiger partial charge in [-0.2, -0.15) is 0 Å². The summed E-state index contributed by atoms with van der Waals surface area (Å²) in [6.45, 7) is 13.9. The molecule has 0 fully saturated rings. The van der Waals surface area contributed by atoms with E-state index in [4.69, 9.17) is 4.98 Å². The number of thiazole rings is 1. The molecule has 4 heteroatoms. The Morgan fingerprint density at radius 2 is 0.766 bits per heavy atom. The van der Waals surface area contributed by atoms with E-state index < -0.39 is 0 Å². The maximum atomic E-state index is 5.39. The first-order chi connectivity index (χ1) is 37.8. The van der Waals surface area contributed by atoms with E-state index in [1.54, 1.807) is 0 Å². The van der Waals surface area contributed by atoms with Crippen LogP contribution in [0.3, 0.4) is 0 Å². The molecule has 0 saturated heterocycles. The van der Waals surface area contributed by atoms with Gasteiger partial charge in [0, 0.05) is 25.7 Å². The second-order valence-electron chi connectivity index (χ2n) is 23.0. The van der Waals surface area contributed by atoms with Crippen LogP contribution in [0.15, 0.2) is 103 Å². The second kappa shape index (κ2) is 29.0. The molecule has 0 N–H and O–H groups in total. The van der Waals surface area contributed by atoms with Gasteiger partial charge in [-0.15, -0.1) is 34.0 Å². The van der Waals surface area contributed by atoms with Crippen molar-refractivity contribution in [3.05, 3.63) is 137 Å². The predicted octanol–water partition coefficient (Wildman–Crippen LogP) is 24.8. The number of hydrogen-bond donors (Lipinski definition) is 0. The highest BCUT2D eigenvalue weighted by atomic mass is 32.1. The minimum Gasteiger partial charge on any atom is -0.236 e. The number of unbranched alkanes of at least 4 members (excludes halogenated alkanes) is 20. The van der Waals surface area contributed by atoms with E-state index in [9.17, 15) is 0 Å². The van der Waals surface area contributed by atoms with Gasteiger partial charge >= 0.3 is 0 Å². The molecule has 0 spiro atoms. The number of aromatic nitrogens is 1.